The highest BCUT2D eigenvalue weighted by molar-refractivity contribution is 9.10. The Kier molecular flexibility index (Phi) is 5.25. The van der Waals surface area contributed by atoms with Crippen molar-refractivity contribution in [3.63, 3.8) is 0 Å². The van der Waals surface area contributed by atoms with Crippen molar-refractivity contribution in [3.8, 4) is 5.75 Å². The molecule has 1 heterocycles. The lowest BCUT2D eigenvalue weighted by Crippen LogP contribution is -2.36. The molecule has 2 aromatic carbocycles. The fourth-order valence-corrected chi connectivity index (χ4v) is 3.98. The number of ether oxygens (including phenoxy) is 2. The fourth-order valence-electron chi connectivity index (χ4n) is 2.96. The van der Waals surface area contributed by atoms with Crippen LogP contribution in [0, 0.1) is 0 Å². The van der Waals surface area contributed by atoms with Gasteiger partial charge in [0.1, 0.15) is 5.75 Å². The smallest absolute Gasteiger partial charge is 0.336 e. The molecule has 0 unspecified atom stereocenters. The average Bonchev–Trinajstić information content (AvgIpc) is 3.00. The van der Waals surface area contributed by atoms with E-state index in [0.29, 0.717) is 15.4 Å². The van der Waals surface area contributed by atoms with Crippen molar-refractivity contribution in [2.75, 3.05) is 5.33 Å². The number of hydrogen-bond donors (Lipinski definition) is 3. The Morgan fingerprint density at radius 3 is 2.23 bits per heavy atom. The van der Waals surface area contributed by atoms with Gasteiger partial charge in [0.25, 0.3) is 0 Å². The first-order chi connectivity index (χ1) is 12.3. The number of fused-ring (bicyclic) bond motifs is 1. The molecule has 0 amide bonds. The first-order valence-electron chi connectivity index (χ1n) is 7.58. The molecule has 26 heavy (non-hydrogen) atoms. The Morgan fingerprint density at radius 1 is 1.08 bits per heavy atom. The van der Waals surface area contributed by atoms with Crippen molar-refractivity contribution in [3.05, 3.63) is 40.4 Å². The number of carbonyl (C=O) groups is 2. The number of carboxylic acids is 2. The van der Waals surface area contributed by atoms with E-state index in [1.54, 1.807) is 24.3 Å². The number of hydrogen-bond acceptors (Lipinski definition) is 5. The summed E-state index contributed by atoms with van der Waals surface area (Å²) in [4.78, 5) is 22.8. The summed E-state index contributed by atoms with van der Waals surface area (Å²) < 4.78 is 11.8. The highest BCUT2D eigenvalue weighted by Crippen LogP contribution is 2.43. The van der Waals surface area contributed by atoms with Crippen LogP contribution in [0.25, 0.3) is 10.8 Å². The van der Waals surface area contributed by atoms with Crippen LogP contribution in [-0.2, 0) is 24.8 Å². The second kappa shape index (κ2) is 7.15. The van der Waals surface area contributed by atoms with Crippen LogP contribution in [0.2, 0.25) is 0 Å². The van der Waals surface area contributed by atoms with E-state index in [0.717, 1.165) is 10.8 Å². The van der Waals surface area contributed by atoms with E-state index in [-0.39, 0.29) is 12.2 Å². The molecule has 3 rings (SSSR count). The average molecular weight is 490 g/mol. The topological polar surface area (TPSA) is 113 Å². The number of alkyl halides is 1. The van der Waals surface area contributed by atoms with Gasteiger partial charge >= 0.3 is 11.9 Å². The molecule has 1 aliphatic heterocycles. The number of halogens is 2. The zero-order valence-corrected chi connectivity index (χ0v) is 16.4. The molecule has 0 aromatic heterocycles. The van der Waals surface area contributed by atoms with Crippen molar-refractivity contribution < 1.29 is 34.4 Å². The maximum atomic E-state index is 11.4. The summed E-state index contributed by atoms with van der Waals surface area (Å²) in [6.07, 6.45) is -3.02. The Bertz CT molecular complexity index is 861. The molecule has 1 saturated heterocycles. The minimum atomic E-state index is -1.62. The lowest BCUT2D eigenvalue weighted by molar-refractivity contribution is -0.194. The monoisotopic (exact) mass is 488 g/mol. The highest BCUT2D eigenvalue weighted by atomic mass is 79.9. The van der Waals surface area contributed by atoms with Gasteiger partial charge in [-0.1, -0.05) is 34.1 Å². The fraction of sp³-hybridized carbons (Fsp3) is 0.294. The molecule has 3 N–H and O–H groups in total. The Hall–Kier alpha value is -1.68. The summed E-state index contributed by atoms with van der Waals surface area (Å²) in [7, 11) is 0. The highest BCUT2D eigenvalue weighted by Gasteiger charge is 2.54. The summed E-state index contributed by atoms with van der Waals surface area (Å²) >= 11 is 6.60. The van der Waals surface area contributed by atoms with Crippen molar-refractivity contribution in [2.24, 2.45) is 0 Å². The molecule has 0 saturated carbocycles. The standard InChI is InChI=1S/C17H14Br2O7/c18-6-5-17(25-13(15(21)22)14(26-17)16(23)24)9-2-3-10-8(7-9)1-4-11(20)12(10)19/h1-4,7,13-14,20H,5-6H2,(H,21,22)(H,23,24)/t13-,14-/m1/s1. The minimum Gasteiger partial charge on any atom is -0.507 e. The summed E-state index contributed by atoms with van der Waals surface area (Å²) in [5.41, 5.74) is 0.497. The van der Waals surface area contributed by atoms with E-state index in [4.69, 9.17) is 9.47 Å². The largest absolute Gasteiger partial charge is 0.507 e. The number of aliphatic carboxylic acids is 2. The number of aromatic hydroxyl groups is 1. The third-order valence-corrected chi connectivity index (χ3v) is 5.42. The second-order valence-electron chi connectivity index (χ2n) is 5.78. The van der Waals surface area contributed by atoms with E-state index >= 15 is 0 Å². The predicted octanol–water partition coefficient (Wildman–Crippen LogP) is 3.20. The van der Waals surface area contributed by atoms with Crippen LogP contribution in [0.4, 0.5) is 0 Å². The predicted molar refractivity (Wildman–Crippen MR) is 98.4 cm³/mol. The maximum Gasteiger partial charge on any atom is 0.336 e. The number of carboxylic acid groups (broad SMARTS) is 2. The molecule has 1 aliphatic rings. The normalized spacial score (nSPS) is 21.8. The number of rotatable bonds is 5. The summed E-state index contributed by atoms with van der Waals surface area (Å²) in [6, 6.07) is 8.33. The molecular formula is C17H14Br2O7. The summed E-state index contributed by atoms with van der Waals surface area (Å²) in [6.45, 7) is 0. The lowest BCUT2D eigenvalue weighted by Gasteiger charge is -2.28. The van der Waals surface area contributed by atoms with Crippen LogP contribution in [0.1, 0.15) is 12.0 Å². The van der Waals surface area contributed by atoms with Crippen LogP contribution in [0.5, 0.6) is 5.75 Å². The van der Waals surface area contributed by atoms with Crippen molar-refractivity contribution >= 4 is 54.6 Å². The van der Waals surface area contributed by atoms with Gasteiger partial charge in [0, 0.05) is 17.3 Å². The van der Waals surface area contributed by atoms with Gasteiger partial charge in [-0.15, -0.1) is 0 Å². The third-order valence-electron chi connectivity index (χ3n) is 4.19. The molecule has 9 heteroatoms. The van der Waals surface area contributed by atoms with Gasteiger partial charge in [0.15, 0.2) is 18.0 Å². The molecule has 1 fully saturated rings. The van der Waals surface area contributed by atoms with Crippen LogP contribution in [0.3, 0.4) is 0 Å². The SMILES string of the molecule is O=C(O)[C@@H]1OC(CCBr)(c2ccc3c(Br)c(O)ccc3c2)O[C@H]1C(=O)O. The van der Waals surface area contributed by atoms with Gasteiger partial charge in [-0.25, -0.2) is 9.59 Å². The minimum absolute atomic E-state index is 0.0886. The Labute approximate surface area is 164 Å². The quantitative estimate of drug-likeness (QED) is 0.552. The first kappa shape index (κ1) is 19.1. The molecule has 2 atom stereocenters. The molecule has 0 radical (unpaired) electrons. The van der Waals surface area contributed by atoms with E-state index in [1.165, 1.54) is 6.07 Å². The van der Waals surface area contributed by atoms with Gasteiger partial charge in [0.2, 0.25) is 0 Å². The van der Waals surface area contributed by atoms with Gasteiger partial charge in [0.05, 0.1) is 4.47 Å². The zero-order valence-electron chi connectivity index (χ0n) is 13.2. The molecule has 0 aliphatic carbocycles. The molecule has 0 spiro atoms. The number of phenols is 1. The number of phenolic OH excluding ortho intramolecular Hbond substituents is 1. The third kappa shape index (κ3) is 3.20. The Morgan fingerprint density at radius 2 is 1.69 bits per heavy atom. The van der Waals surface area contributed by atoms with Crippen LogP contribution >= 0.6 is 31.9 Å². The van der Waals surface area contributed by atoms with E-state index in [2.05, 4.69) is 31.9 Å². The van der Waals surface area contributed by atoms with E-state index in [1.807, 2.05) is 0 Å². The maximum absolute atomic E-state index is 11.4. The van der Waals surface area contributed by atoms with Gasteiger partial charge in [-0.2, -0.15) is 0 Å². The van der Waals surface area contributed by atoms with Gasteiger partial charge < -0.3 is 24.8 Å². The second-order valence-corrected chi connectivity index (χ2v) is 7.37. The molecular weight excluding hydrogens is 476 g/mol. The van der Waals surface area contributed by atoms with Gasteiger partial charge in [-0.05, 0) is 38.8 Å². The molecule has 138 valence electrons. The molecule has 7 nitrogen and oxygen atoms in total. The van der Waals surface area contributed by atoms with Crippen molar-refractivity contribution in [1.82, 2.24) is 0 Å². The lowest BCUT2D eigenvalue weighted by atomic mass is 9.99. The van der Waals surface area contributed by atoms with Crippen molar-refractivity contribution in [2.45, 2.75) is 24.4 Å². The zero-order chi connectivity index (χ0) is 19.1. The van der Waals surface area contributed by atoms with Crippen LogP contribution < -0.4 is 0 Å². The molecule has 0 bridgehead atoms. The number of benzene rings is 2. The van der Waals surface area contributed by atoms with Crippen LogP contribution in [-0.4, -0.2) is 44.8 Å². The summed E-state index contributed by atoms with van der Waals surface area (Å²) in [5, 5.41) is 30.3. The van der Waals surface area contributed by atoms with Crippen molar-refractivity contribution in [1.29, 1.82) is 0 Å². The first-order valence-corrected chi connectivity index (χ1v) is 9.49. The van der Waals surface area contributed by atoms with E-state index in [9.17, 15) is 24.9 Å². The Balaban J connectivity index is 2.11. The van der Waals surface area contributed by atoms with Gasteiger partial charge in [-0.3, -0.25) is 0 Å². The molecule has 2 aromatic rings. The van der Waals surface area contributed by atoms with E-state index < -0.39 is 29.9 Å². The van der Waals surface area contributed by atoms with Crippen LogP contribution in [0.15, 0.2) is 34.8 Å². The summed E-state index contributed by atoms with van der Waals surface area (Å²) in [5.74, 6) is -4.22.